The van der Waals surface area contributed by atoms with E-state index in [1.165, 1.54) is 17.9 Å². The Kier molecular flexibility index (Phi) is 6.85. The van der Waals surface area contributed by atoms with Gasteiger partial charge in [0.25, 0.3) is 0 Å². The zero-order valence-electron chi connectivity index (χ0n) is 13.3. The van der Waals surface area contributed by atoms with Crippen molar-refractivity contribution in [1.29, 1.82) is 0 Å². The molecule has 6 nitrogen and oxygen atoms in total. The number of carbonyl (C=O) groups is 1. The second kappa shape index (κ2) is 7.90. The van der Waals surface area contributed by atoms with Gasteiger partial charge in [-0.3, -0.25) is 4.79 Å². The van der Waals surface area contributed by atoms with E-state index in [-0.39, 0.29) is 18.4 Å². The first-order chi connectivity index (χ1) is 11.0. The van der Waals surface area contributed by atoms with Gasteiger partial charge in [-0.1, -0.05) is 12.1 Å². The average molecular weight is 402 g/mol. The van der Waals surface area contributed by atoms with E-state index in [9.17, 15) is 26.4 Å². The van der Waals surface area contributed by atoms with Gasteiger partial charge in [0.15, 0.2) is 0 Å². The average Bonchev–Trinajstić information content (AvgIpc) is 2.91. The highest BCUT2D eigenvalue weighted by Crippen LogP contribution is 2.33. The molecule has 11 heteroatoms. The summed E-state index contributed by atoms with van der Waals surface area (Å²) in [5.41, 5.74) is 4.41. The number of alkyl halides is 3. The minimum atomic E-state index is -4.82. The fourth-order valence-electron chi connectivity index (χ4n) is 2.54. The van der Waals surface area contributed by atoms with E-state index in [4.69, 9.17) is 5.73 Å². The van der Waals surface area contributed by atoms with E-state index in [0.29, 0.717) is 25.6 Å². The molecule has 0 aromatic heterocycles. The molecule has 0 radical (unpaired) electrons. The van der Waals surface area contributed by atoms with Gasteiger partial charge >= 0.3 is 6.18 Å². The molecule has 1 aliphatic heterocycles. The van der Waals surface area contributed by atoms with Crippen molar-refractivity contribution in [3.63, 3.8) is 0 Å². The lowest BCUT2D eigenvalue weighted by Gasteiger charge is -2.22. The zero-order valence-corrected chi connectivity index (χ0v) is 14.9. The summed E-state index contributed by atoms with van der Waals surface area (Å²) in [6.45, 7) is 1.98. The van der Waals surface area contributed by atoms with Crippen LogP contribution in [0, 0.1) is 0 Å². The smallest absolute Gasteiger partial charge is 0.340 e. The first-order valence-corrected chi connectivity index (χ1v) is 8.73. The third kappa shape index (κ3) is 5.06. The van der Waals surface area contributed by atoms with Gasteiger partial charge in [0, 0.05) is 19.1 Å². The van der Waals surface area contributed by atoms with Gasteiger partial charge in [-0.05, 0) is 25.5 Å². The number of amides is 1. The molecular formula is C14H19ClF3N3O3S. The Morgan fingerprint density at radius 3 is 2.48 bits per heavy atom. The maximum Gasteiger partial charge on any atom is 0.417 e. The van der Waals surface area contributed by atoms with Gasteiger partial charge in [-0.15, -0.1) is 12.4 Å². The monoisotopic (exact) mass is 401 g/mol. The molecule has 0 bridgehead atoms. The van der Waals surface area contributed by atoms with Crippen LogP contribution in [0.25, 0.3) is 0 Å². The summed E-state index contributed by atoms with van der Waals surface area (Å²) < 4.78 is 65.5. The molecule has 0 aliphatic carbocycles. The van der Waals surface area contributed by atoms with Crippen LogP contribution in [-0.2, 0) is 21.0 Å². The number of hydrogen-bond donors (Lipinski definition) is 2. The predicted octanol–water partition coefficient (Wildman–Crippen LogP) is 1.35. The minimum Gasteiger partial charge on any atom is -0.340 e. The number of hydrogen-bond acceptors (Lipinski definition) is 4. The number of sulfonamides is 1. The Labute approximate surface area is 150 Å². The standard InChI is InChI=1S/C14H18F3N3O3S.ClH/c1-9(13(21)20-7-6-10(18)8-20)19-24(22,23)12-5-3-2-4-11(12)14(15,16)17;/h2-5,9-10,19H,6-8,18H2,1H3;1H/t9?,10-;/m1./s1. The lowest BCUT2D eigenvalue weighted by Crippen LogP contribution is -2.46. The highest BCUT2D eigenvalue weighted by atomic mass is 35.5. The largest absolute Gasteiger partial charge is 0.417 e. The highest BCUT2D eigenvalue weighted by Gasteiger charge is 2.38. The Bertz CT molecular complexity index is 728. The number of nitrogens with one attached hydrogen (secondary N) is 1. The first kappa shape index (κ1) is 21.7. The number of nitrogens with two attached hydrogens (primary N) is 1. The van der Waals surface area contributed by atoms with Crippen LogP contribution in [-0.4, -0.2) is 44.4 Å². The molecule has 1 aromatic carbocycles. The maximum atomic E-state index is 13.0. The molecule has 2 rings (SSSR count). The molecule has 142 valence electrons. The van der Waals surface area contributed by atoms with Crippen molar-refractivity contribution in [1.82, 2.24) is 9.62 Å². The number of benzene rings is 1. The maximum absolute atomic E-state index is 13.0. The molecule has 2 atom stereocenters. The van der Waals surface area contributed by atoms with Gasteiger partial charge in [-0.2, -0.15) is 17.9 Å². The predicted molar refractivity (Wildman–Crippen MR) is 87.6 cm³/mol. The molecular weight excluding hydrogens is 383 g/mol. The zero-order chi connectivity index (χ0) is 18.1. The quantitative estimate of drug-likeness (QED) is 0.796. The molecule has 1 unspecified atom stereocenters. The van der Waals surface area contributed by atoms with Crippen LogP contribution in [0.2, 0.25) is 0 Å². The van der Waals surface area contributed by atoms with Gasteiger partial charge in [0.05, 0.1) is 16.5 Å². The second-order valence-corrected chi connectivity index (χ2v) is 7.35. The van der Waals surface area contributed by atoms with Crippen LogP contribution in [0.4, 0.5) is 13.2 Å². The third-order valence-corrected chi connectivity index (χ3v) is 5.32. The minimum absolute atomic E-state index is 0. The number of nitrogens with zero attached hydrogens (tertiary/aromatic N) is 1. The number of rotatable bonds is 4. The molecule has 25 heavy (non-hydrogen) atoms. The topological polar surface area (TPSA) is 92.5 Å². The Morgan fingerprint density at radius 1 is 1.36 bits per heavy atom. The summed E-state index contributed by atoms with van der Waals surface area (Å²) in [6.07, 6.45) is -4.22. The summed E-state index contributed by atoms with van der Waals surface area (Å²) in [7, 11) is -4.51. The molecule has 1 aromatic rings. The molecule has 0 saturated carbocycles. The van der Waals surface area contributed by atoms with Crippen molar-refractivity contribution in [2.45, 2.75) is 36.5 Å². The van der Waals surface area contributed by atoms with Crippen LogP contribution < -0.4 is 10.5 Å². The van der Waals surface area contributed by atoms with Crippen molar-refractivity contribution in [3.8, 4) is 0 Å². The van der Waals surface area contributed by atoms with Crippen LogP contribution in [0.3, 0.4) is 0 Å². The van der Waals surface area contributed by atoms with Crippen LogP contribution in [0.5, 0.6) is 0 Å². The van der Waals surface area contributed by atoms with Gasteiger partial charge in [0.1, 0.15) is 0 Å². The van der Waals surface area contributed by atoms with Gasteiger partial charge < -0.3 is 10.6 Å². The fraction of sp³-hybridized carbons (Fsp3) is 0.500. The van der Waals surface area contributed by atoms with Crippen molar-refractivity contribution in [3.05, 3.63) is 29.8 Å². The molecule has 1 amide bonds. The summed E-state index contributed by atoms with van der Waals surface area (Å²) >= 11 is 0. The molecule has 1 aliphatic rings. The van der Waals surface area contributed by atoms with Crippen LogP contribution in [0.1, 0.15) is 18.9 Å². The molecule has 1 saturated heterocycles. The third-order valence-electron chi connectivity index (χ3n) is 3.72. The lowest BCUT2D eigenvalue weighted by molar-refractivity contribution is -0.139. The summed E-state index contributed by atoms with van der Waals surface area (Å²) in [5.74, 6) is -0.518. The molecule has 1 heterocycles. The van der Waals surface area contributed by atoms with Crippen molar-refractivity contribution < 1.29 is 26.4 Å². The second-order valence-electron chi connectivity index (χ2n) is 5.67. The number of likely N-dealkylation sites (tertiary alicyclic amines) is 1. The summed E-state index contributed by atoms with van der Waals surface area (Å²) in [6, 6.07) is 2.46. The van der Waals surface area contributed by atoms with Crippen molar-refractivity contribution >= 4 is 28.3 Å². The normalized spacial score (nSPS) is 19.4. The van der Waals surface area contributed by atoms with E-state index in [2.05, 4.69) is 0 Å². The SMILES string of the molecule is CC(NS(=O)(=O)c1ccccc1C(F)(F)F)C(=O)N1CC[C@@H](N)C1.Cl. The van der Waals surface area contributed by atoms with E-state index in [0.717, 1.165) is 12.1 Å². The van der Waals surface area contributed by atoms with E-state index < -0.39 is 38.6 Å². The van der Waals surface area contributed by atoms with E-state index in [1.807, 2.05) is 4.72 Å². The van der Waals surface area contributed by atoms with Crippen molar-refractivity contribution in [2.75, 3.05) is 13.1 Å². The number of carbonyl (C=O) groups excluding carboxylic acids is 1. The fourth-order valence-corrected chi connectivity index (χ4v) is 3.97. The lowest BCUT2D eigenvalue weighted by atomic mass is 10.2. The number of halogens is 4. The molecule has 1 fully saturated rings. The molecule has 3 N–H and O–H groups in total. The van der Waals surface area contributed by atoms with Crippen LogP contribution in [0.15, 0.2) is 29.2 Å². The summed E-state index contributed by atoms with van der Waals surface area (Å²) in [5, 5.41) is 0. The van der Waals surface area contributed by atoms with E-state index in [1.54, 1.807) is 0 Å². The van der Waals surface area contributed by atoms with Crippen LogP contribution >= 0.6 is 12.4 Å². The van der Waals surface area contributed by atoms with Gasteiger partial charge in [0.2, 0.25) is 15.9 Å². The Hall–Kier alpha value is -1.36. The van der Waals surface area contributed by atoms with Gasteiger partial charge in [-0.25, -0.2) is 8.42 Å². The molecule has 0 spiro atoms. The highest BCUT2D eigenvalue weighted by molar-refractivity contribution is 7.89. The summed E-state index contributed by atoms with van der Waals surface area (Å²) in [4.78, 5) is 12.7. The first-order valence-electron chi connectivity index (χ1n) is 7.25. The van der Waals surface area contributed by atoms with Crippen molar-refractivity contribution in [2.24, 2.45) is 5.73 Å². The Morgan fingerprint density at radius 2 is 1.96 bits per heavy atom. The Balaban J connectivity index is 0.00000312. The van der Waals surface area contributed by atoms with E-state index >= 15 is 0 Å².